The van der Waals surface area contributed by atoms with Gasteiger partial charge in [-0.3, -0.25) is 0 Å². The number of fused-ring (bicyclic) bond motifs is 2. The van der Waals surface area contributed by atoms with Crippen molar-refractivity contribution in [1.82, 2.24) is 0 Å². The Hall–Kier alpha value is 0.0969. The second-order valence-electron chi connectivity index (χ2n) is 6.68. The smallest absolute Gasteiger partial charge is 0.377 e. The van der Waals surface area contributed by atoms with Gasteiger partial charge in [-0.15, -0.1) is 0 Å². The largest absolute Gasteiger partial charge is 0.500 e. The molecule has 3 atom stereocenters. The van der Waals surface area contributed by atoms with Crippen LogP contribution in [0.15, 0.2) is 0 Å². The average molecular weight is 301 g/mol. The first-order valence-corrected chi connectivity index (χ1v) is 10.3. The fraction of sp³-hybridized carbons (Fsp3) is 1.00. The van der Waals surface area contributed by atoms with E-state index < -0.39 is 8.80 Å². The molecule has 0 aromatic rings. The molecule has 0 radical (unpaired) electrons. The van der Waals surface area contributed by atoms with Gasteiger partial charge in [0, 0.05) is 27.4 Å². The highest BCUT2D eigenvalue weighted by Crippen LogP contribution is 2.50. The summed E-state index contributed by atoms with van der Waals surface area (Å²) in [4.78, 5) is 0. The summed E-state index contributed by atoms with van der Waals surface area (Å²) in [5, 5.41) is 0. The molecular weight excluding hydrogens is 268 g/mol. The molecule has 20 heavy (non-hydrogen) atoms. The average Bonchev–Trinajstić information content (AvgIpc) is 3.10. The van der Waals surface area contributed by atoms with Crippen LogP contribution in [0.5, 0.6) is 0 Å². The Kier molecular flexibility index (Phi) is 6.52. The van der Waals surface area contributed by atoms with Crippen LogP contribution in [-0.4, -0.2) is 30.1 Å². The summed E-state index contributed by atoms with van der Waals surface area (Å²) in [5.74, 6) is 3.26. The molecule has 2 bridgehead atoms. The molecule has 118 valence electrons. The molecule has 2 fully saturated rings. The molecule has 0 spiro atoms. The molecule has 0 amide bonds. The summed E-state index contributed by atoms with van der Waals surface area (Å²) in [7, 11) is 2.79. The molecule has 0 N–H and O–H groups in total. The van der Waals surface area contributed by atoms with Crippen LogP contribution in [0.3, 0.4) is 0 Å². The summed E-state index contributed by atoms with van der Waals surface area (Å²) in [6.45, 7) is 0. The third-order valence-corrected chi connectivity index (χ3v) is 8.46. The van der Waals surface area contributed by atoms with Gasteiger partial charge in [-0.1, -0.05) is 32.1 Å². The van der Waals surface area contributed by atoms with E-state index in [4.69, 9.17) is 13.3 Å². The summed E-state index contributed by atoms with van der Waals surface area (Å²) in [6, 6.07) is 0.949. The highest BCUT2D eigenvalue weighted by Gasteiger charge is 2.39. The molecule has 2 aliphatic carbocycles. The van der Waals surface area contributed by atoms with Gasteiger partial charge in [0.2, 0.25) is 0 Å². The second kappa shape index (κ2) is 7.92. The number of hydrogen-bond acceptors (Lipinski definition) is 3. The van der Waals surface area contributed by atoms with Gasteiger partial charge >= 0.3 is 8.80 Å². The Morgan fingerprint density at radius 2 is 1.55 bits per heavy atom. The van der Waals surface area contributed by atoms with Gasteiger partial charge in [0.1, 0.15) is 0 Å². The van der Waals surface area contributed by atoms with E-state index in [0.29, 0.717) is 0 Å². The van der Waals surface area contributed by atoms with E-state index in [-0.39, 0.29) is 0 Å². The summed E-state index contributed by atoms with van der Waals surface area (Å²) in [5.41, 5.74) is 0. The Morgan fingerprint density at radius 3 is 2.10 bits per heavy atom. The maximum atomic E-state index is 5.45. The SMILES string of the molecule is CO[Si](CCCCCCC1CC2CCC1C2)(OC)OC. The molecule has 0 heterocycles. The fourth-order valence-electron chi connectivity index (χ4n) is 4.39. The van der Waals surface area contributed by atoms with Crippen molar-refractivity contribution in [2.75, 3.05) is 21.3 Å². The zero-order chi connectivity index (χ0) is 14.4. The molecule has 2 saturated carbocycles. The van der Waals surface area contributed by atoms with Gasteiger partial charge in [-0.25, -0.2) is 0 Å². The van der Waals surface area contributed by atoms with Gasteiger partial charge < -0.3 is 13.3 Å². The predicted octanol–water partition coefficient (Wildman–Crippen LogP) is 4.25. The molecule has 0 aliphatic heterocycles. The van der Waals surface area contributed by atoms with Crippen LogP contribution in [-0.2, 0) is 13.3 Å². The first-order valence-electron chi connectivity index (χ1n) is 8.38. The Morgan fingerprint density at radius 1 is 0.850 bits per heavy atom. The molecule has 2 aliphatic rings. The van der Waals surface area contributed by atoms with Crippen LogP contribution in [0.25, 0.3) is 0 Å². The van der Waals surface area contributed by atoms with Crippen molar-refractivity contribution in [2.24, 2.45) is 17.8 Å². The topological polar surface area (TPSA) is 27.7 Å². The van der Waals surface area contributed by atoms with E-state index in [1.807, 2.05) is 0 Å². The van der Waals surface area contributed by atoms with E-state index in [1.165, 1.54) is 51.4 Å². The molecule has 4 heteroatoms. The van der Waals surface area contributed by atoms with E-state index in [1.54, 1.807) is 27.8 Å². The lowest BCUT2D eigenvalue weighted by atomic mass is 9.85. The van der Waals surface area contributed by atoms with E-state index in [0.717, 1.165) is 23.8 Å². The van der Waals surface area contributed by atoms with Gasteiger partial charge in [0.15, 0.2) is 0 Å². The summed E-state index contributed by atoms with van der Waals surface area (Å²) in [6.07, 6.45) is 12.8. The van der Waals surface area contributed by atoms with Crippen LogP contribution in [0.1, 0.15) is 57.8 Å². The fourth-order valence-corrected chi connectivity index (χ4v) is 6.18. The van der Waals surface area contributed by atoms with Crippen molar-refractivity contribution in [3.05, 3.63) is 0 Å². The number of hydrogen-bond donors (Lipinski definition) is 0. The van der Waals surface area contributed by atoms with Crippen LogP contribution in [0, 0.1) is 17.8 Å². The number of unbranched alkanes of at least 4 members (excludes halogenated alkanes) is 3. The third-order valence-electron chi connectivity index (χ3n) is 5.63. The first kappa shape index (κ1) is 16.5. The van der Waals surface area contributed by atoms with Gasteiger partial charge in [-0.05, 0) is 43.4 Å². The first-order chi connectivity index (χ1) is 9.73. The van der Waals surface area contributed by atoms with Crippen molar-refractivity contribution >= 4 is 8.80 Å². The van der Waals surface area contributed by atoms with E-state index in [9.17, 15) is 0 Å². The summed E-state index contributed by atoms with van der Waals surface area (Å²) >= 11 is 0. The lowest BCUT2D eigenvalue weighted by molar-refractivity contribution is 0.122. The molecule has 0 saturated heterocycles. The molecule has 3 unspecified atom stereocenters. The van der Waals surface area contributed by atoms with Gasteiger partial charge in [0.25, 0.3) is 0 Å². The quantitative estimate of drug-likeness (QED) is 0.446. The van der Waals surface area contributed by atoms with Gasteiger partial charge in [0.05, 0.1) is 0 Å². The molecule has 3 nitrogen and oxygen atoms in total. The molecule has 0 aromatic carbocycles. The van der Waals surface area contributed by atoms with Crippen molar-refractivity contribution in [2.45, 2.75) is 63.8 Å². The van der Waals surface area contributed by atoms with Crippen LogP contribution < -0.4 is 0 Å². The maximum absolute atomic E-state index is 5.45. The maximum Gasteiger partial charge on any atom is 0.500 e. The normalized spacial score (nSPS) is 29.2. The lowest BCUT2D eigenvalue weighted by Crippen LogP contribution is -2.42. The highest BCUT2D eigenvalue weighted by molar-refractivity contribution is 6.60. The van der Waals surface area contributed by atoms with Crippen LogP contribution in [0.2, 0.25) is 6.04 Å². The standard InChI is InChI=1S/C16H32O3Si/c1-17-20(18-2,19-3)11-7-5-4-6-8-15-12-14-9-10-16(15)13-14/h14-16H,4-13H2,1-3H3. The summed E-state index contributed by atoms with van der Waals surface area (Å²) < 4.78 is 16.4. The van der Waals surface area contributed by atoms with E-state index in [2.05, 4.69) is 0 Å². The lowest BCUT2D eigenvalue weighted by Gasteiger charge is -2.24. The third kappa shape index (κ3) is 4.06. The number of rotatable bonds is 10. The molecular formula is C16H32O3Si. The minimum Gasteiger partial charge on any atom is -0.377 e. The second-order valence-corrected chi connectivity index (χ2v) is 9.77. The predicted molar refractivity (Wildman–Crippen MR) is 83.6 cm³/mol. The Balaban J connectivity index is 1.51. The van der Waals surface area contributed by atoms with Crippen molar-refractivity contribution < 1.29 is 13.3 Å². The highest BCUT2D eigenvalue weighted by atomic mass is 28.4. The van der Waals surface area contributed by atoms with Crippen LogP contribution >= 0.6 is 0 Å². The zero-order valence-electron chi connectivity index (χ0n) is 13.5. The monoisotopic (exact) mass is 300 g/mol. The van der Waals surface area contributed by atoms with Crippen LogP contribution in [0.4, 0.5) is 0 Å². The Bertz CT molecular complexity index is 273. The van der Waals surface area contributed by atoms with E-state index >= 15 is 0 Å². The Labute approximate surface area is 125 Å². The van der Waals surface area contributed by atoms with Gasteiger partial charge in [-0.2, -0.15) is 0 Å². The molecule has 0 aromatic heterocycles. The van der Waals surface area contributed by atoms with Crippen molar-refractivity contribution in [3.8, 4) is 0 Å². The minimum absolute atomic E-state index is 0.949. The molecule has 2 rings (SSSR count). The van der Waals surface area contributed by atoms with Crippen molar-refractivity contribution in [3.63, 3.8) is 0 Å². The zero-order valence-corrected chi connectivity index (χ0v) is 14.5. The van der Waals surface area contributed by atoms with Crippen molar-refractivity contribution in [1.29, 1.82) is 0 Å². The minimum atomic E-state index is -2.31.